The summed E-state index contributed by atoms with van der Waals surface area (Å²) < 4.78 is 18.7. The van der Waals surface area contributed by atoms with E-state index in [-0.39, 0.29) is 17.5 Å². The summed E-state index contributed by atoms with van der Waals surface area (Å²) in [6.45, 7) is 1.44. The van der Waals surface area contributed by atoms with Crippen LogP contribution in [0.4, 0.5) is 10.1 Å². The molecule has 2 aromatic rings. The molecule has 1 amide bonds. The van der Waals surface area contributed by atoms with Gasteiger partial charge in [0.2, 0.25) is 0 Å². The maximum atomic E-state index is 13.4. The molecule has 7 heteroatoms. The molecular weight excluding hydrogens is 329 g/mol. The van der Waals surface area contributed by atoms with E-state index in [0.29, 0.717) is 11.3 Å². The van der Waals surface area contributed by atoms with Gasteiger partial charge in [0.25, 0.3) is 5.91 Å². The lowest BCUT2D eigenvalue weighted by molar-refractivity contribution is -0.134. The van der Waals surface area contributed by atoms with Crippen LogP contribution >= 0.6 is 0 Å². The van der Waals surface area contributed by atoms with Gasteiger partial charge in [0.05, 0.1) is 11.1 Å². The van der Waals surface area contributed by atoms with Crippen LogP contribution in [-0.4, -0.2) is 28.6 Å². The fourth-order valence-corrected chi connectivity index (χ4v) is 2.65. The molecule has 0 aliphatic carbocycles. The molecule has 25 heavy (non-hydrogen) atoms. The number of rotatable bonds is 3. The number of fused-ring (bicyclic) bond motifs is 1. The van der Waals surface area contributed by atoms with Gasteiger partial charge in [-0.1, -0.05) is 0 Å². The first-order chi connectivity index (χ1) is 11.8. The Bertz CT molecular complexity index is 878. The van der Waals surface area contributed by atoms with E-state index in [0.717, 1.165) is 6.07 Å². The zero-order chi connectivity index (χ0) is 18.2. The van der Waals surface area contributed by atoms with Gasteiger partial charge in [0.15, 0.2) is 5.60 Å². The van der Waals surface area contributed by atoms with E-state index in [2.05, 4.69) is 5.32 Å². The van der Waals surface area contributed by atoms with E-state index in [1.54, 1.807) is 0 Å². The number of carboxylic acids is 1. The second-order valence-electron chi connectivity index (χ2n) is 5.94. The molecule has 2 N–H and O–H groups in total. The van der Waals surface area contributed by atoms with Crippen LogP contribution < -0.4 is 5.32 Å². The Kier molecular flexibility index (Phi) is 4.00. The van der Waals surface area contributed by atoms with Gasteiger partial charge in [-0.15, -0.1) is 0 Å². The van der Waals surface area contributed by atoms with Crippen LogP contribution in [0.2, 0.25) is 0 Å². The number of esters is 1. The summed E-state index contributed by atoms with van der Waals surface area (Å²) in [6.07, 6.45) is 0.0326. The van der Waals surface area contributed by atoms with E-state index in [1.807, 2.05) is 0 Å². The summed E-state index contributed by atoms with van der Waals surface area (Å²) in [7, 11) is 0. The van der Waals surface area contributed by atoms with Crippen molar-refractivity contribution in [3.05, 3.63) is 65.0 Å². The number of benzene rings is 2. The maximum Gasteiger partial charge on any atom is 0.339 e. The van der Waals surface area contributed by atoms with Crippen molar-refractivity contribution in [1.82, 2.24) is 0 Å². The number of cyclic esters (lactones) is 1. The predicted octanol–water partition coefficient (Wildman–Crippen LogP) is 2.63. The topological polar surface area (TPSA) is 92.7 Å². The van der Waals surface area contributed by atoms with Gasteiger partial charge >= 0.3 is 11.9 Å². The normalized spacial score (nSPS) is 18.9. The Morgan fingerprint density at radius 1 is 1.20 bits per heavy atom. The van der Waals surface area contributed by atoms with Crippen LogP contribution in [0.5, 0.6) is 0 Å². The summed E-state index contributed by atoms with van der Waals surface area (Å²) >= 11 is 0. The van der Waals surface area contributed by atoms with Crippen LogP contribution in [0.25, 0.3) is 0 Å². The second-order valence-corrected chi connectivity index (χ2v) is 5.94. The Morgan fingerprint density at radius 3 is 2.52 bits per heavy atom. The molecule has 128 valence electrons. The quantitative estimate of drug-likeness (QED) is 0.836. The van der Waals surface area contributed by atoms with E-state index in [1.165, 1.54) is 43.3 Å². The molecule has 1 unspecified atom stereocenters. The monoisotopic (exact) mass is 343 g/mol. The van der Waals surface area contributed by atoms with E-state index in [9.17, 15) is 18.8 Å². The third kappa shape index (κ3) is 3.21. The van der Waals surface area contributed by atoms with Crippen LogP contribution in [-0.2, 0) is 16.0 Å². The molecule has 0 saturated carbocycles. The average Bonchev–Trinajstić information content (AvgIpc) is 2.54. The zero-order valence-electron chi connectivity index (χ0n) is 13.2. The van der Waals surface area contributed by atoms with Crippen LogP contribution in [0.3, 0.4) is 0 Å². The molecule has 1 aliphatic heterocycles. The van der Waals surface area contributed by atoms with Crippen molar-refractivity contribution >= 4 is 23.5 Å². The Hall–Kier alpha value is -3.22. The summed E-state index contributed by atoms with van der Waals surface area (Å²) in [4.78, 5) is 35.5. The van der Waals surface area contributed by atoms with Gasteiger partial charge in [0, 0.05) is 12.1 Å². The molecule has 0 saturated heterocycles. The average molecular weight is 343 g/mol. The summed E-state index contributed by atoms with van der Waals surface area (Å²) in [6, 6.07) is 9.26. The number of ether oxygens (including phenoxy) is 1. The molecule has 1 atom stereocenters. The van der Waals surface area contributed by atoms with Gasteiger partial charge < -0.3 is 15.2 Å². The van der Waals surface area contributed by atoms with Gasteiger partial charge in [0.1, 0.15) is 5.82 Å². The second kappa shape index (κ2) is 6.01. The van der Waals surface area contributed by atoms with E-state index < -0.39 is 29.3 Å². The first-order valence-electron chi connectivity index (χ1n) is 7.45. The number of carboxylic acid groups (broad SMARTS) is 1. The Labute approximate surface area is 142 Å². The maximum absolute atomic E-state index is 13.4. The van der Waals surface area contributed by atoms with Crippen molar-refractivity contribution in [3.63, 3.8) is 0 Å². The molecule has 1 aliphatic rings. The highest BCUT2D eigenvalue weighted by Crippen LogP contribution is 2.30. The van der Waals surface area contributed by atoms with Gasteiger partial charge in [-0.25, -0.2) is 14.0 Å². The number of carbonyl (C=O) groups excluding carboxylic acids is 2. The number of hydrogen-bond acceptors (Lipinski definition) is 4. The number of halogens is 1. The SMILES string of the molecule is CC1(C(=O)Nc2ccc(C(=O)O)cc2)Cc2cc(F)ccc2C(=O)O1. The highest BCUT2D eigenvalue weighted by atomic mass is 19.1. The van der Waals surface area contributed by atoms with Crippen LogP contribution in [0, 0.1) is 5.82 Å². The van der Waals surface area contributed by atoms with Crippen molar-refractivity contribution in [2.45, 2.75) is 18.9 Å². The first kappa shape index (κ1) is 16.6. The fourth-order valence-electron chi connectivity index (χ4n) is 2.65. The molecule has 0 fully saturated rings. The highest BCUT2D eigenvalue weighted by Gasteiger charge is 2.42. The Morgan fingerprint density at radius 2 is 1.88 bits per heavy atom. The van der Waals surface area contributed by atoms with E-state index in [4.69, 9.17) is 9.84 Å². The van der Waals surface area contributed by atoms with Crippen molar-refractivity contribution in [2.24, 2.45) is 0 Å². The van der Waals surface area contributed by atoms with Gasteiger partial charge in [-0.3, -0.25) is 4.79 Å². The molecule has 0 aromatic heterocycles. The third-order valence-electron chi connectivity index (χ3n) is 4.00. The molecule has 3 rings (SSSR count). The molecular formula is C18H14FNO5. The lowest BCUT2D eigenvalue weighted by Crippen LogP contribution is -2.49. The van der Waals surface area contributed by atoms with E-state index >= 15 is 0 Å². The molecule has 0 radical (unpaired) electrons. The number of carbonyl (C=O) groups is 3. The van der Waals surface area contributed by atoms with Crippen LogP contribution in [0.15, 0.2) is 42.5 Å². The van der Waals surface area contributed by atoms with Gasteiger partial charge in [-0.2, -0.15) is 0 Å². The lowest BCUT2D eigenvalue weighted by Gasteiger charge is -2.33. The summed E-state index contributed by atoms with van der Waals surface area (Å²) in [5, 5.41) is 11.5. The smallest absolute Gasteiger partial charge is 0.339 e. The summed E-state index contributed by atoms with van der Waals surface area (Å²) in [5.41, 5.74) is -0.425. The van der Waals surface area contributed by atoms with Crippen molar-refractivity contribution in [2.75, 3.05) is 5.32 Å². The highest BCUT2D eigenvalue weighted by molar-refractivity contribution is 6.02. The number of nitrogens with one attached hydrogen (secondary N) is 1. The fraction of sp³-hybridized carbons (Fsp3) is 0.167. The predicted molar refractivity (Wildman–Crippen MR) is 86.0 cm³/mol. The minimum Gasteiger partial charge on any atom is -0.478 e. The van der Waals surface area contributed by atoms with Crippen molar-refractivity contribution < 1.29 is 28.6 Å². The molecule has 1 heterocycles. The number of aromatic carboxylic acids is 1. The Balaban J connectivity index is 1.82. The zero-order valence-corrected chi connectivity index (χ0v) is 13.2. The van der Waals surface area contributed by atoms with Crippen LogP contribution in [0.1, 0.15) is 33.2 Å². The number of hydrogen-bond donors (Lipinski definition) is 2. The number of amides is 1. The third-order valence-corrected chi connectivity index (χ3v) is 4.00. The molecule has 0 bridgehead atoms. The number of anilines is 1. The largest absolute Gasteiger partial charge is 0.478 e. The first-order valence-corrected chi connectivity index (χ1v) is 7.45. The standard InChI is InChI=1S/C18H14FNO5/c1-18(9-11-8-12(19)4-7-14(11)16(23)25-18)17(24)20-13-5-2-10(3-6-13)15(21)22/h2-8H,9H2,1H3,(H,20,24)(H,21,22). The minimum atomic E-state index is -1.50. The summed E-state index contributed by atoms with van der Waals surface area (Å²) in [5.74, 6) is -2.86. The lowest BCUT2D eigenvalue weighted by atomic mass is 9.89. The van der Waals surface area contributed by atoms with Gasteiger partial charge in [-0.05, 0) is 55.0 Å². The molecule has 2 aromatic carbocycles. The van der Waals surface area contributed by atoms with Crippen molar-refractivity contribution in [3.8, 4) is 0 Å². The molecule has 6 nitrogen and oxygen atoms in total. The van der Waals surface area contributed by atoms with Crippen molar-refractivity contribution in [1.29, 1.82) is 0 Å². The minimum absolute atomic E-state index is 0.0326. The molecule has 0 spiro atoms.